The van der Waals surface area contributed by atoms with E-state index in [4.69, 9.17) is 10.2 Å². The van der Waals surface area contributed by atoms with Crippen molar-refractivity contribution in [3.63, 3.8) is 0 Å². The van der Waals surface area contributed by atoms with Crippen LogP contribution in [0.2, 0.25) is 0 Å². The third-order valence-corrected chi connectivity index (χ3v) is 3.60. The highest BCUT2D eigenvalue weighted by Crippen LogP contribution is 2.22. The molecule has 0 spiro atoms. The molecule has 1 saturated heterocycles. The zero-order valence-electron chi connectivity index (χ0n) is 10.1. The summed E-state index contributed by atoms with van der Waals surface area (Å²) in [6.07, 6.45) is 5.76. The van der Waals surface area contributed by atoms with Crippen LogP contribution in [-0.4, -0.2) is 18.0 Å². The van der Waals surface area contributed by atoms with E-state index in [-0.39, 0.29) is 0 Å². The highest BCUT2D eigenvalue weighted by Gasteiger charge is 2.19. The van der Waals surface area contributed by atoms with Crippen molar-refractivity contribution >= 4 is 0 Å². The van der Waals surface area contributed by atoms with Crippen molar-refractivity contribution in [3.05, 3.63) is 23.7 Å². The van der Waals surface area contributed by atoms with Gasteiger partial charge >= 0.3 is 0 Å². The minimum absolute atomic E-state index is 0.507. The molecule has 1 unspecified atom stereocenters. The SMILES string of the molecule is CCC1CCCN(Cc2ccoc2CN)C1. The Morgan fingerprint density at radius 3 is 3.19 bits per heavy atom. The average molecular weight is 222 g/mol. The molecule has 2 heterocycles. The Kier molecular flexibility index (Phi) is 4.02. The predicted molar refractivity (Wildman–Crippen MR) is 64.9 cm³/mol. The molecule has 2 rings (SSSR count). The molecule has 90 valence electrons. The largest absolute Gasteiger partial charge is 0.468 e. The number of rotatable bonds is 4. The molecule has 1 aromatic rings. The average Bonchev–Trinajstić information content (AvgIpc) is 2.76. The summed E-state index contributed by atoms with van der Waals surface area (Å²) < 4.78 is 5.36. The van der Waals surface area contributed by atoms with Gasteiger partial charge in [-0.15, -0.1) is 0 Å². The van der Waals surface area contributed by atoms with Gasteiger partial charge in [0.15, 0.2) is 0 Å². The summed E-state index contributed by atoms with van der Waals surface area (Å²) in [6.45, 7) is 6.24. The summed E-state index contributed by atoms with van der Waals surface area (Å²) in [5.41, 5.74) is 6.90. The third-order valence-electron chi connectivity index (χ3n) is 3.60. The summed E-state index contributed by atoms with van der Waals surface area (Å²) in [6, 6.07) is 2.05. The Hall–Kier alpha value is -0.800. The molecule has 2 N–H and O–H groups in total. The molecule has 0 amide bonds. The van der Waals surface area contributed by atoms with Crippen molar-refractivity contribution in [2.24, 2.45) is 11.7 Å². The van der Waals surface area contributed by atoms with Gasteiger partial charge in [0.05, 0.1) is 12.8 Å². The van der Waals surface area contributed by atoms with Crippen LogP contribution in [0.1, 0.15) is 37.5 Å². The van der Waals surface area contributed by atoms with Crippen molar-refractivity contribution < 1.29 is 4.42 Å². The van der Waals surface area contributed by atoms with Crippen molar-refractivity contribution in [1.29, 1.82) is 0 Å². The smallest absolute Gasteiger partial charge is 0.121 e. The number of likely N-dealkylation sites (tertiary alicyclic amines) is 1. The lowest BCUT2D eigenvalue weighted by Gasteiger charge is -2.32. The molecule has 0 saturated carbocycles. The van der Waals surface area contributed by atoms with E-state index in [0.717, 1.165) is 18.2 Å². The number of hydrogen-bond donors (Lipinski definition) is 1. The van der Waals surface area contributed by atoms with Crippen LogP contribution in [0.15, 0.2) is 16.7 Å². The Labute approximate surface area is 97.6 Å². The Morgan fingerprint density at radius 1 is 1.56 bits per heavy atom. The van der Waals surface area contributed by atoms with E-state index in [1.807, 2.05) is 0 Å². The topological polar surface area (TPSA) is 42.4 Å². The van der Waals surface area contributed by atoms with Crippen molar-refractivity contribution in [2.45, 2.75) is 39.3 Å². The normalized spacial score (nSPS) is 22.5. The van der Waals surface area contributed by atoms with Crippen LogP contribution in [0.25, 0.3) is 0 Å². The van der Waals surface area contributed by atoms with Crippen molar-refractivity contribution in [1.82, 2.24) is 4.90 Å². The zero-order chi connectivity index (χ0) is 11.4. The molecule has 1 aromatic heterocycles. The van der Waals surface area contributed by atoms with Crippen LogP contribution in [-0.2, 0) is 13.1 Å². The third kappa shape index (κ3) is 2.66. The van der Waals surface area contributed by atoms with Gasteiger partial charge in [0, 0.05) is 18.7 Å². The van der Waals surface area contributed by atoms with Gasteiger partial charge in [0.1, 0.15) is 5.76 Å². The van der Waals surface area contributed by atoms with E-state index in [2.05, 4.69) is 17.9 Å². The maximum Gasteiger partial charge on any atom is 0.121 e. The molecule has 1 aliphatic heterocycles. The number of nitrogens with two attached hydrogens (primary N) is 1. The van der Waals surface area contributed by atoms with Crippen LogP contribution in [0, 0.1) is 5.92 Å². The Balaban J connectivity index is 1.93. The molecule has 0 aromatic carbocycles. The van der Waals surface area contributed by atoms with E-state index in [0.29, 0.717) is 6.54 Å². The van der Waals surface area contributed by atoms with Crippen LogP contribution in [0.4, 0.5) is 0 Å². The molecule has 1 atom stereocenters. The molecule has 0 radical (unpaired) electrons. The molecule has 0 bridgehead atoms. The van der Waals surface area contributed by atoms with Gasteiger partial charge in [0.2, 0.25) is 0 Å². The Morgan fingerprint density at radius 2 is 2.44 bits per heavy atom. The van der Waals surface area contributed by atoms with Gasteiger partial charge in [0.25, 0.3) is 0 Å². The minimum atomic E-state index is 0.507. The van der Waals surface area contributed by atoms with Gasteiger partial charge < -0.3 is 10.2 Å². The van der Waals surface area contributed by atoms with Gasteiger partial charge in [-0.3, -0.25) is 4.90 Å². The quantitative estimate of drug-likeness (QED) is 0.850. The summed E-state index contributed by atoms with van der Waals surface area (Å²) in [5.74, 6) is 1.82. The number of furan rings is 1. The lowest BCUT2D eigenvalue weighted by atomic mass is 9.95. The molecule has 3 nitrogen and oxygen atoms in total. The van der Waals surface area contributed by atoms with E-state index in [1.165, 1.54) is 37.9 Å². The molecule has 1 aliphatic rings. The number of hydrogen-bond acceptors (Lipinski definition) is 3. The predicted octanol–water partition coefficient (Wildman–Crippen LogP) is 2.36. The van der Waals surface area contributed by atoms with E-state index >= 15 is 0 Å². The van der Waals surface area contributed by atoms with E-state index in [9.17, 15) is 0 Å². The first-order valence-corrected chi connectivity index (χ1v) is 6.31. The van der Waals surface area contributed by atoms with Crippen LogP contribution < -0.4 is 5.73 Å². The maximum atomic E-state index is 5.64. The molecular formula is C13H22N2O. The first kappa shape index (κ1) is 11.7. The zero-order valence-corrected chi connectivity index (χ0v) is 10.1. The lowest BCUT2D eigenvalue weighted by molar-refractivity contribution is 0.164. The van der Waals surface area contributed by atoms with Crippen LogP contribution in [0.3, 0.4) is 0 Å². The molecular weight excluding hydrogens is 200 g/mol. The van der Waals surface area contributed by atoms with Crippen molar-refractivity contribution in [3.8, 4) is 0 Å². The monoisotopic (exact) mass is 222 g/mol. The highest BCUT2D eigenvalue weighted by molar-refractivity contribution is 5.16. The van der Waals surface area contributed by atoms with Crippen molar-refractivity contribution in [2.75, 3.05) is 13.1 Å². The van der Waals surface area contributed by atoms with E-state index in [1.54, 1.807) is 6.26 Å². The summed E-state index contributed by atoms with van der Waals surface area (Å²) >= 11 is 0. The van der Waals surface area contributed by atoms with Gasteiger partial charge in [-0.1, -0.05) is 13.3 Å². The summed E-state index contributed by atoms with van der Waals surface area (Å²) in [5, 5.41) is 0. The van der Waals surface area contributed by atoms with Crippen LogP contribution >= 0.6 is 0 Å². The fourth-order valence-corrected chi connectivity index (χ4v) is 2.56. The first-order valence-electron chi connectivity index (χ1n) is 6.31. The second-order valence-electron chi connectivity index (χ2n) is 4.72. The van der Waals surface area contributed by atoms with Gasteiger partial charge in [-0.2, -0.15) is 0 Å². The minimum Gasteiger partial charge on any atom is -0.468 e. The maximum absolute atomic E-state index is 5.64. The second-order valence-corrected chi connectivity index (χ2v) is 4.72. The standard InChI is InChI=1S/C13H22N2O/c1-2-11-4-3-6-15(9-11)10-12-5-7-16-13(12)8-14/h5,7,11H,2-4,6,8-10,14H2,1H3. The lowest BCUT2D eigenvalue weighted by Crippen LogP contribution is -2.34. The van der Waals surface area contributed by atoms with E-state index < -0.39 is 0 Å². The fraction of sp³-hybridized carbons (Fsp3) is 0.692. The fourth-order valence-electron chi connectivity index (χ4n) is 2.56. The van der Waals surface area contributed by atoms with Gasteiger partial charge in [-0.25, -0.2) is 0 Å². The number of piperidine rings is 1. The highest BCUT2D eigenvalue weighted by atomic mass is 16.3. The Bertz CT molecular complexity index is 321. The van der Waals surface area contributed by atoms with Gasteiger partial charge in [-0.05, 0) is 31.4 Å². The molecule has 1 fully saturated rings. The second kappa shape index (κ2) is 5.51. The van der Waals surface area contributed by atoms with Crippen LogP contribution in [0.5, 0.6) is 0 Å². The summed E-state index contributed by atoms with van der Waals surface area (Å²) in [4.78, 5) is 2.53. The molecule has 0 aliphatic carbocycles. The first-order chi connectivity index (χ1) is 7.83. The summed E-state index contributed by atoms with van der Waals surface area (Å²) in [7, 11) is 0. The molecule has 3 heteroatoms. The number of nitrogens with zero attached hydrogens (tertiary/aromatic N) is 1. The molecule has 16 heavy (non-hydrogen) atoms.